The van der Waals surface area contributed by atoms with Gasteiger partial charge in [-0.3, -0.25) is 0 Å². The molecule has 2 amide bonds. The van der Waals surface area contributed by atoms with Crippen LogP contribution in [0.25, 0.3) is 0 Å². The van der Waals surface area contributed by atoms with Crippen molar-refractivity contribution < 1.29 is 4.79 Å². The summed E-state index contributed by atoms with van der Waals surface area (Å²) >= 11 is 0. The third kappa shape index (κ3) is 4.17. The maximum atomic E-state index is 11.5. The number of benzene rings is 1. The van der Waals surface area contributed by atoms with Crippen molar-refractivity contribution in [3.05, 3.63) is 29.3 Å². The molecule has 4 heteroatoms. The van der Waals surface area contributed by atoms with E-state index in [1.54, 1.807) is 0 Å². The predicted molar refractivity (Wildman–Crippen MR) is 69.8 cm³/mol. The van der Waals surface area contributed by atoms with Gasteiger partial charge in [0.2, 0.25) is 0 Å². The fraction of sp³-hybridized carbons (Fsp3) is 0.308. The van der Waals surface area contributed by atoms with E-state index >= 15 is 0 Å². The molecule has 0 saturated carbocycles. The highest BCUT2D eigenvalue weighted by molar-refractivity contribution is 5.90. The molecule has 0 unspecified atom stereocenters. The number of amides is 2. The van der Waals surface area contributed by atoms with Gasteiger partial charge in [0.15, 0.2) is 0 Å². The summed E-state index contributed by atoms with van der Waals surface area (Å²) in [5.74, 6) is 5.71. The number of anilines is 1. The van der Waals surface area contributed by atoms with Crippen LogP contribution in [0.4, 0.5) is 10.5 Å². The van der Waals surface area contributed by atoms with Gasteiger partial charge in [-0.15, -0.1) is 0 Å². The standard InChI is InChI=1S/C13H17N3O/c1-3-15-13(17)16-12-9-10(2)6-7-11(12)5-4-8-14/h6-7,9H,3,8,14H2,1-2H3,(H2,15,16,17). The second kappa shape index (κ2) is 6.56. The van der Waals surface area contributed by atoms with Crippen LogP contribution in [0.1, 0.15) is 18.1 Å². The summed E-state index contributed by atoms with van der Waals surface area (Å²) in [6.45, 7) is 4.71. The highest BCUT2D eigenvalue weighted by Crippen LogP contribution is 2.16. The second-order valence-electron chi connectivity index (χ2n) is 3.54. The molecule has 1 aromatic rings. The lowest BCUT2D eigenvalue weighted by Gasteiger charge is -2.08. The zero-order chi connectivity index (χ0) is 12.7. The van der Waals surface area contributed by atoms with E-state index in [1.165, 1.54) is 0 Å². The molecule has 0 atom stereocenters. The molecule has 0 aliphatic carbocycles. The lowest BCUT2D eigenvalue weighted by atomic mass is 10.1. The predicted octanol–water partition coefficient (Wildman–Crippen LogP) is 1.45. The molecule has 0 heterocycles. The largest absolute Gasteiger partial charge is 0.338 e. The van der Waals surface area contributed by atoms with Crippen LogP contribution in [0.15, 0.2) is 18.2 Å². The maximum Gasteiger partial charge on any atom is 0.319 e. The Morgan fingerprint density at radius 1 is 1.47 bits per heavy atom. The Morgan fingerprint density at radius 3 is 2.88 bits per heavy atom. The van der Waals surface area contributed by atoms with Gasteiger partial charge in [-0.25, -0.2) is 4.79 Å². The van der Waals surface area contributed by atoms with Crippen molar-refractivity contribution in [2.75, 3.05) is 18.4 Å². The third-order valence-corrected chi connectivity index (χ3v) is 2.09. The van der Waals surface area contributed by atoms with Gasteiger partial charge in [-0.1, -0.05) is 17.9 Å². The second-order valence-corrected chi connectivity index (χ2v) is 3.54. The quantitative estimate of drug-likeness (QED) is 0.674. The van der Waals surface area contributed by atoms with Crippen molar-refractivity contribution >= 4 is 11.7 Å². The summed E-state index contributed by atoms with van der Waals surface area (Å²) in [6, 6.07) is 5.48. The molecule has 0 bridgehead atoms. The summed E-state index contributed by atoms with van der Waals surface area (Å²) < 4.78 is 0. The molecular formula is C13H17N3O. The van der Waals surface area contributed by atoms with Crippen LogP contribution >= 0.6 is 0 Å². The molecular weight excluding hydrogens is 214 g/mol. The highest BCUT2D eigenvalue weighted by Gasteiger charge is 2.04. The van der Waals surface area contributed by atoms with Crippen molar-refractivity contribution in [1.29, 1.82) is 0 Å². The van der Waals surface area contributed by atoms with Crippen molar-refractivity contribution in [3.8, 4) is 11.8 Å². The van der Waals surface area contributed by atoms with Crippen LogP contribution in [0.2, 0.25) is 0 Å². The molecule has 0 aromatic heterocycles. The van der Waals surface area contributed by atoms with Crippen LogP contribution in [0.3, 0.4) is 0 Å². The summed E-state index contributed by atoms with van der Waals surface area (Å²) in [6.07, 6.45) is 0. The number of rotatable bonds is 2. The zero-order valence-corrected chi connectivity index (χ0v) is 10.1. The number of carbonyl (C=O) groups is 1. The van der Waals surface area contributed by atoms with Crippen molar-refractivity contribution in [2.45, 2.75) is 13.8 Å². The van der Waals surface area contributed by atoms with Gasteiger partial charge >= 0.3 is 6.03 Å². The normalized spacial score (nSPS) is 9.12. The summed E-state index contributed by atoms with van der Waals surface area (Å²) in [5.41, 5.74) is 7.87. The smallest absolute Gasteiger partial charge is 0.319 e. The molecule has 0 aliphatic rings. The van der Waals surface area contributed by atoms with Crippen molar-refractivity contribution in [2.24, 2.45) is 5.73 Å². The molecule has 1 aromatic carbocycles. The van der Waals surface area contributed by atoms with E-state index < -0.39 is 0 Å². The first-order valence-electron chi connectivity index (χ1n) is 5.51. The van der Waals surface area contributed by atoms with Crippen LogP contribution in [0, 0.1) is 18.8 Å². The van der Waals surface area contributed by atoms with Gasteiger partial charge in [0, 0.05) is 12.1 Å². The summed E-state index contributed by atoms with van der Waals surface area (Å²) in [4.78, 5) is 11.5. The molecule has 1 rings (SSSR count). The minimum Gasteiger partial charge on any atom is -0.338 e. The number of urea groups is 1. The molecule has 0 radical (unpaired) electrons. The maximum absolute atomic E-state index is 11.5. The number of hydrogen-bond donors (Lipinski definition) is 3. The first-order chi connectivity index (χ1) is 8.17. The van der Waals surface area contributed by atoms with E-state index in [-0.39, 0.29) is 6.03 Å². The monoisotopic (exact) mass is 231 g/mol. The first kappa shape index (κ1) is 13.1. The van der Waals surface area contributed by atoms with E-state index in [0.29, 0.717) is 18.8 Å². The van der Waals surface area contributed by atoms with Gasteiger partial charge in [0.1, 0.15) is 0 Å². The zero-order valence-electron chi connectivity index (χ0n) is 10.1. The van der Waals surface area contributed by atoms with Gasteiger partial charge in [0.25, 0.3) is 0 Å². The van der Waals surface area contributed by atoms with Crippen LogP contribution < -0.4 is 16.4 Å². The summed E-state index contributed by atoms with van der Waals surface area (Å²) in [7, 11) is 0. The lowest BCUT2D eigenvalue weighted by molar-refractivity contribution is 0.252. The molecule has 90 valence electrons. The molecule has 0 saturated heterocycles. The van der Waals surface area contributed by atoms with Gasteiger partial charge in [-0.05, 0) is 31.5 Å². The molecule has 4 N–H and O–H groups in total. The molecule has 17 heavy (non-hydrogen) atoms. The van der Waals surface area contributed by atoms with Gasteiger partial charge in [-0.2, -0.15) is 0 Å². The number of hydrogen-bond acceptors (Lipinski definition) is 2. The molecule has 0 spiro atoms. The average molecular weight is 231 g/mol. The topological polar surface area (TPSA) is 67.2 Å². The SMILES string of the molecule is CCNC(=O)Nc1cc(C)ccc1C#CCN. The Kier molecular flexibility index (Phi) is 5.05. The number of nitrogens with one attached hydrogen (secondary N) is 2. The van der Waals surface area contributed by atoms with E-state index in [4.69, 9.17) is 5.73 Å². The minimum atomic E-state index is -0.228. The van der Waals surface area contributed by atoms with E-state index in [2.05, 4.69) is 22.5 Å². The lowest BCUT2D eigenvalue weighted by Crippen LogP contribution is -2.28. The number of nitrogens with two attached hydrogens (primary N) is 1. The van der Waals surface area contributed by atoms with Crippen LogP contribution in [0.5, 0.6) is 0 Å². The Balaban J connectivity index is 2.94. The Bertz CT molecular complexity index is 457. The van der Waals surface area contributed by atoms with Crippen LogP contribution in [-0.2, 0) is 0 Å². The molecule has 0 aliphatic heterocycles. The van der Waals surface area contributed by atoms with Crippen molar-refractivity contribution in [1.82, 2.24) is 5.32 Å². The Hall–Kier alpha value is -1.99. The van der Waals surface area contributed by atoms with Gasteiger partial charge < -0.3 is 16.4 Å². The fourth-order valence-electron chi connectivity index (χ4n) is 1.34. The first-order valence-corrected chi connectivity index (χ1v) is 5.51. The van der Waals surface area contributed by atoms with Gasteiger partial charge in [0.05, 0.1) is 12.2 Å². The molecule has 0 fully saturated rings. The molecule has 4 nitrogen and oxygen atoms in total. The Morgan fingerprint density at radius 2 is 2.24 bits per heavy atom. The van der Waals surface area contributed by atoms with E-state index in [0.717, 1.165) is 11.1 Å². The van der Waals surface area contributed by atoms with Crippen LogP contribution in [-0.4, -0.2) is 19.1 Å². The number of carbonyl (C=O) groups excluding carboxylic acids is 1. The minimum absolute atomic E-state index is 0.228. The van der Waals surface area contributed by atoms with E-state index in [9.17, 15) is 4.79 Å². The van der Waals surface area contributed by atoms with E-state index in [1.807, 2.05) is 32.0 Å². The number of aryl methyl sites for hydroxylation is 1. The fourth-order valence-corrected chi connectivity index (χ4v) is 1.34. The Labute approximate surface area is 102 Å². The average Bonchev–Trinajstić information content (AvgIpc) is 2.28. The summed E-state index contributed by atoms with van der Waals surface area (Å²) in [5, 5.41) is 5.44. The highest BCUT2D eigenvalue weighted by atomic mass is 16.2. The third-order valence-electron chi connectivity index (χ3n) is 2.09. The van der Waals surface area contributed by atoms with Crippen molar-refractivity contribution in [3.63, 3.8) is 0 Å².